The molecule has 0 saturated heterocycles. The van der Waals surface area contributed by atoms with Gasteiger partial charge in [0.2, 0.25) is 5.91 Å². The quantitative estimate of drug-likeness (QED) is 0.655. The number of rotatable bonds is 3. The van der Waals surface area contributed by atoms with E-state index in [1.54, 1.807) is 13.8 Å². The number of carbonyl (C=O) groups excluding carboxylic acids is 1. The van der Waals surface area contributed by atoms with E-state index in [0.717, 1.165) is 12.8 Å². The second-order valence-electron chi connectivity index (χ2n) is 4.82. The van der Waals surface area contributed by atoms with Crippen molar-refractivity contribution in [2.45, 2.75) is 51.6 Å². The Hall–Kier alpha value is -1.10. The molecule has 16 heavy (non-hydrogen) atoms. The summed E-state index contributed by atoms with van der Waals surface area (Å²) in [5.74, 6) is -1.12. The molecule has 0 aromatic rings. The summed E-state index contributed by atoms with van der Waals surface area (Å²) in [6.07, 6.45) is 3.16. The highest BCUT2D eigenvalue weighted by atomic mass is 16.4. The minimum absolute atomic E-state index is 0.278. The van der Waals surface area contributed by atoms with Gasteiger partial charge in [-0.15, -0.1) is 0 Å². The number of carboxylic acid groups (broad SMARTS) is 1. The fourth-order valence-electron chi connectivity index (χ4n) is 2.12. The summed E-state index contributed by atoms with van der Waals surface area (Å²) in [4.78, 5) is 22.7. The zero-order valence-corrected chi connectivity index (χ0v) is 9.82. The van der Waals surface area contributed by atoms with E-state index >= 15 is 0 Å². The van der Waals surface area contributed by atoms with Gasteiger partial charge >= 0.3 is 5.97 Å². The third-order valence-electron chi connectivity index (χ3n) is 3.43. The molecule has 0 heterocycles. The molecule has 0 aromatic carbocycles. The first-order valence-electron chi connectivity index (χ1n) is 5.67. The summed E-state index contributed by atoms with van der Waals surface area (Å²) >= 11 is 0. The Morgan fingerprint density at radius 2 is 2.12 bits per heavy atom. The van der Waals surface area contributed by atoms with Crippen LogP contribution in [0.5, 0.6) is 0 Å². The van der Waals surface area contributed by atoms with Gasteiger partial charge in [0.1, 0.15) is 0 Å². The van der Waals surface area contributed by atoms with Gasteiger partial charge in [0.25, 0.3) is 0 Å². The highest BCUT2D eigenvalue weighted by Gasteiger charge is 2.43. The van der Waals surface area contributed by atoms with E-state index in [2.05, 4.69) is 5.32 Å². The fraction of sp³-hybridized carbons (Fsp3) is 0.818. The molecule has 0 bridgehead atoms. The summed E-state index contributed by atoms with van der Waals surface area (Å²) in [6, 6.07) is -0.905. The van der Waals surface area contributed by atoms with E-state index in [9.17, 15) is 14.7 Å². The lowest BCUT2D eigenvalue weighted by Gasteiger charge is -2.38. The van der Waals surface area contributed by atoms with Crippen LogP contribution in [0.2, 0.25) is 0 Å². The molecule has 92 valence electrons. The first-order chi connectivity index (χ1) is 7.38. The van der Waals surface area contributed by atoms with Crippen molar-refractivity contribution in [1.82, 2.24) is 5.32 Å². The average Bonchev–Trinajstić information content (AvgIpc) is 2.21. The topological polar surface area (TPSA) is 92.4 Å². The highest BCUT2D eigenvalue weighted by molar-refractivity contribution is 5.83. The molecule has 0 spiro atoms. The van der Waals surface area contributed by atoms with E-state index in [1.165, 1.54) is 0 Å². The van der Waals surface area contributed by atoms with E-state index < -0.39 is 17.4 Å². The summed E-state index contributed by atoms with van der Waals surface area (Å²) in [5.41, 5.74) is 4.60. The lowest BCUT2D eigenvalue weighted by molar-refractivity contribution is -0.152. The Balaban J connectivity index is 2.75. The Bertz CT molecular complexity index is 291. The average molecular weight is 228 g/mol. The Morgan fingerprint density at radius 1 is 1.50 bits per heavy atom. The largest absolute Gasteiger partial charge is 0.481 e. The third-order valence-corrected chi connectivity index (χ3v) is 3.43. The molecule has 1 fully saturated rings. The van der Waals surface area contributed by atoms with Crippen LogP contribution in [0.3, 0.4) is 0 Å². The van der Waals surface area contributed by atoms with E-state index in [-0.39, 0.29) is 11.9 Å². The van der Waals surface area contributed by atoms with Crippen LogP contribution in [-0.4, -0.2) is 29.1 Å². The van der Waals surface area contributed by atoms with Crippen molar-refractivity contribution >= 4 is 11.9 Å². The molecule has 0 radical (unpaired) electrons. The molecule has 5 heteroatoms. The van der Waals surface area contributed by atoms with Crippen LogP contribution in [0, 0.1) is 5.41 Å². The second-order valence-corrected chi connectivity index (χ2v) is 4.82. The zero-order chi connectivity index (χ0) is 12.3. The standard InChI is InChI=1S/C11H20N2O3/c1-7(12)9(14)13-8-5-3-4-6-11(8,2)10(15)16/h7-8H,3-6,12H2,1-2H3,(H,13,14)(H,15,16). The maximum absolute atomic E-state index is 11.5. The first kappa shape index (κ1) is 13.0. The number of amides is 1. The van der Waals surface area contributed by atoms with Crippen molar-refractivity contribution in [2.75, 3.05) is 0 Å². The summed E-state index contributed by atoms with van der Waals surface area (Å²) in [5, 5.41) is 12.0. The molecule has 3 unspecified atom stereocenters. The molecule has 1 aliphatic rings. The van der Waals surface area contributed by atoms with Gasteiger partial charge in [-0.05, 0) is 26.7 Å². The number of carbonyl (C=O) groups is 2. The fourth-order valence-corrected chi connectivity index (χ4v) is 2.12. The van der Waals surface area contributed by atoms with Crippen molar-refractivity contribution in [3.05, 3.63) is 0 Å². The van der Waals surface area contributed by atoms with Gasteiger partial charge in [0.15, 0.2) is 0 Å². The highest BCUT2D eigenvalue weighted by Crippen LogP contribution is 2.36. The molecule has 1 amide bonds. The predicted molar refractivity (Wildman–Crippen MR) is 59.8 cm³/mol. The maximum atomic E-state index is 11.5. The second kappa shape index (κ2) is 4.82. The van der Waals surface area contributed by atoms with Crippen LogP contribution in [0.15, 0.2) is 0 Å². The maximum Gasteiger partial charge on any atom is 0.311 e. The summed E-state index contributed by atoms with van der Waals surface area (Å²) < 4.78 is 0. The molecule has 5 nitrogen and oxygen atoms in total. The summed E-state index contributed by atoms with van der Waals surface area (Å²) in [7, 11) is 0. The van der Waals surface area contributed by atoms with Crippen molar-refractivity contribution in [3.8, 4) is 0 Å². The number of hydrogen-bond donors (Lipinski definition) is 3. The van der Waals surface area contributed by atoms with Crippen molar-refractivity contribution < 1.29 is 14.7 Å². The zero-order valence-electron chi connectivity index (χ0n) is 9.82. The summed E-state index contributed by atoms with van der Waals surface area (Å²) in [6.45, 7) is 3.29. The Labute approximate surface area is 95.4 Å². The molecular formula is C11H20N2O3. The molecule has 4 N–H and O–H groups in total. The number of nitrogens with two attached hydrogens (primary N) is 1. The number of hydrogen-bond acceptors (Lipinski definition) is 3. The predicted octanol–water partition coefficient (Wildman–Crippen LogP) is 0.483. The normalized spacial score (nSPS) is 31.8. The van der Waals surface area contributed by atoms with Crippen LogP contribution in [0.4, 0.5) is 0 Å². The van der Waals surface area contributed by atoms with Gasteiger partial charge in [-0.1, -0.05) is 12.8 Å². The van der Waals surface area contributed by atoms with Crippen LogP contribution < -0.4 is 11.1 Å². The van der Waals surface area contributed by atoms with Gasteiger partial charge in [0.05, 0.1) is 11.5 Å². The SMILES string of the molecule is CC(N)C(=O)NC1CCCCC1(C)C(=O)O. The molecule has 1 saturated carbocycles. The van der Waals surface area contributed by atoms with Crippen molar-refractivity contribution in [3.63, 3.8) is 0 Å². The van der Waals surface area contributed by atoms with Gasteiger partial charge in [0, 0.05) is 6.04 Å². The van der Waals surface area contributed by atoms with Crippen molar-refractivity contribution in [1.29, 1.82) is 0 Å². The molecule has 3 atom stereocenters. The third kappa shape index (κ3) is 2.52. The van der Waals surface area contributed by atoms with E-state index in [4.69, 9.17) is 5.73 Å². The van der Waals surface area contributed by atoms with Crippen LogP contribution in [0.1, 0.15) is 39.5 Å². The van der Waals surface area contributed by atoms with E-state index in [1.807, 2.05) is 0 Å². The molecule has 0 aromatic heterocycles. The smallest absolute Gasteiger partial charge is 0.311 e. The number of aliphatic carboxylic acids is 1. The van der Waals surface area contributed by atoms with Gasteiger partial charge in [-0.2, -0.15) is 0 Å². The molecular weight excluding hydrogens is 208 g/mol. The van der Waals surface area contributed by atoms with Gasteiger partial charge in [-0.25, -0.2) is 0 Å². The monoisotopic (exact) mass is 228 g/mol. The Morgan fingerprint density at radius 3 is 2.62 bits per heavy atom. The Kier molecular flexibility index (Phi) is 3.91. The molecule has 1 aliphatic carbocycles. The number of nitrogens with one attached hydrogen (secondary N) is 1. The number of carboxylic acids is 1. The minimum atomic E-state index is -0.858. The lowest BCUT2D eigenvalue weighted by atomic mass is 9.71. The van der Waals surface area contributed by atoms with Crippen molar-refractivity contribution in [2.24, 2.45) is 11.1 Å². The molecule has 0 aliphatic heterocycles. The van der Waals surface area contributed by atoms with Crippen LogP contribution >= 0.6 is 0 Å². The van der Waals surface area contributed by atoms with E-state index in [0.29, 0.717) is 12.8 Å². The lowest BCUT2D eigenvalue weighted by Crippen LogP contribution is -2.54. The molecule has 1 rings (SSSR count). The van der Waals surface area contributed by atoms with Gasteiger partial charge in [-0.3, -0.25) is 9.59 Å². The minimum Gasteiger partial charge on any atom is -0.481 e. The van der Waals surface area contributed by atoms with Gasteiger partial charge < -0.3 is 16.2 Å². The first-order valence-corrected chi connectivity index (χ1v) is 5.67. The van der Waals surface area contributed by atoms with Crippen LogP contribution in [0.25, 0.3) is 0 Å². The van der Waals surface area contributed by atoms with Crippen LogP contribution in [-0.2, 0) is 9.59 Å².